The van der Waals surface area contributed by atoms with Crippen molar-refractivity contribution >= 4 is 0 Å². The Kier molecular flexibility index (Phi) is 2.64. The molecule has 3 heteroatoms. The predicted molar refractivity (Wildman–Crippen MR) is 50.6 cm³/mol. The Hall–Kier alpha value is -0.830. The summed E-state index contributed by atoms with van der Waals surface area (Å²) in [5.41, 5.74) is 1.12. The summed E-state index contributed by atoms with van der Waals surface area (Å²) in [6.07, 6.45) is 5.03. The summed E-state index contributed by atoms with van der Waals surface area (Å²) in [7, 11) is 0. The third kappa shape index (κ3) is 2.10. The fourth-order valence-electron chi connectivity index (χ4n) is 1.79. The fraction of sp³-hybridized carbons (Fsp3) is 0.700. The van der Waals surface area contributed by atoms with Gasteiger partial charge in [0.25, 0.3) is 0 Å². The van der Waals surface area contributed by atoms with Crippen LogP contribution in [-0.2, 0) is 12.8 Å². The minimum absolute atomic E-state index is 0.759. The van der Waals surface area contributed by atoms with Gasteiger partial charge in [0.05, 0.1) is 5.69 Å². The zero-order valence-corrected chi connectivity index (χ0v) is 8.05. The van der Waals surface area contributed by atoms with E-state index >= 15 is 0 Å². The third-order valence-corrected chi connectivity index (χ3v) is 2.56. The molecular formula is C10H16N2O. The van der Waals surface area contributed by atoms with Crippen LogP contribution in [0, 0.1) is 5.92 Å². The molecule has 3 nitrogen and oxygen atoms in total. The molecule has 0 spiro atoms. The Balaban J connectivity index is 1.92. The maximum Gasteiger partial charge on any atom is 0.193 e. The van der Waals surface area contributed by atoms with E-state index in [1.54, 1.807) is 6.26 Å². The normalized spacial score (nSPS) is 22.4. The summed E-state index contributed by atoms with van der Waals surface area (Å²) >= 11 is 0. The van der Waals surface area contributed by atoms with Crippen LogP contribution in [0.2, 0.25) is 0 Å². The number of hydrogen-bond donors (Lipinski definition) is 1. The number of aryl methyl sites for hydroxylation is 1. The quantitative estimate of drug-likeness (QED) is 0.763. The SMILES string of the molecule is CCc1nc(CC2CCNC2)co1. The van der Waals surface area contributed by atoms with Crippen LogP contribution in [0.15, 0.2) is 10.7 Å². The van der Waals surface area contributed by atoms with Crippen molar-refractivity contribution in [1.29, 1.82) is 0 Å². The molecule has 0 aromatic carbocycles. The molecule has 1 aliphatic rings. The lowest BCUT2D eigenvalue weighted by Crippen LogP contribution is -2.10. The Labute approximate surface area is 78.5 Å². The molecule has 2 rings (SSSR count). The lowest BCUT2D eigenvalue weighted by Gasteiger charge is -2.03. The number of hydrogen-bond acceptors (Lipinski definition) is 3. The van der Waals surface area contributed by atoms with Crippen LogP contribution in [0.5, 0.6) is 0 Å². The molecule has 1 N–H and O–H groups in total. The molecule has 0 saturated carbocycles. The molecule has 1 aromatic rings. The van der Waals surface area contributed by atoms with E-state index in [0.29, 0.717) is 0 Å². The second kappa shape index (κ2) is 3.92. The number of oxazole rings is 1. The first-order valence-corrected chi connectivity index (χ1v) is 5.02. The average Bonchev–Trinajstić information content (AvgIpc) is 2.76. The van der Waals surface area contributed by atoms with Gasteiger partial charge in [0.2, 0.25) is 0 Å². The van der Waals surface area contributed by atoms with Gasteiger partial charge in [-0.05, 0) is 31.8 Å². The smallest absolute Gasteiger partial charge is 0.193 e. The summed E-state index contributed by atoms with van der Waals surface area (Å²) in [6, 6.07) is 0. The van der Waals surface area contributed by atoms with Gasteiger partial charge >= 0.3 is 0 Å². The molecule has 0 amide bonds. The summed E-state index contributed by atoms with van der Waals surface area (Å²) in [5, 5.41) is 3.35. The molecule has 1 fully saturated rings. The van der Waals surface area contributed by atoms with Gasteiger partial charge in [0.1, 0.15) is 6.26 Å². The molecule has 1 atom stereocenters. The molecule has 0 aliphatic carbocycles. The van der Waals surface area contributed by atoms with E-state index in [0.717, 1.165) is 43.4 Å². The molecule has 1 aliphatic heterocycles. The first kappa shape index (κ1) is 8.75. The molecule has 2 heterocycles. The molecule has 1 aromatic heterocycles. The van der Waals surface area contributed by atoms with Crippen LogP contribution < -0.4 is 5.32 Å². The van der Waals surface area contributed by atoms with Crippen molar-refractivity contribution in [2.24, 2.45) is 5.92 Å². The first-order valence-electron chi connectivity index (χ1n) is 5.02. The maximum absolute atomic E-state index is 5.29. The standard InChI is InChI=1S/C10H16N2O/c1-2-10-12-9(7-13-10)5-8-3-4-11-6-8/h7-8,11H,2-6H2,1H3. The highest BCUT2D eigenvalue weighted by Gasteiger charge is 2.16. The Morgan fingerprint density at radius 1 is 1.69 bits per heavy atom. The van der Waals surface area contributed by atoms with Gasteiger partial charge < -0.3 is 9.73 Å². The van der Waals surface area contributed by atoms with E-state index in [2.05, 4.69) is 17.2 Å². The number of rotatable bonds is 3. The maximum atomic E-state index is 5.29. The van der Waals surface area contributed by atoms with E-state index in [-0.39, 0.29) is 0 Å². The molecule has 1 unspecified atom stereocenters. The lowest BCUT2D eigenvalue weighted by molar-refractivity contribution is 0.500. The lowest BCUT2D eigenvalue weighted by atomic mass is 10.0. The van der Waals surface area contributed by atoms with Crippen molar-refractivity contribution in [3.05, 3.63) is 17.8 Å². The van der Waals surface area contributed by atoms with Crippen molar-refractivity contribution in [2.75, 3.05) is 13.1 Å². The number of nitrogens with zero attached hydrogens (tertiary/aromatic N) is 1. The van der Waals surface area contributed by atoms with Crippen molar-refractivity contribution in [3.8, 4) is 0 Å². The van der Waals surface area contributed by atoms with E-state index in [1.807, 2.05) is 0 Å². The molecule has 72 valence electrons. The van der Waals surface area contributed by atoms with Gasteiger partial charge in [-0.3, -0.25) is 0 Å². The highest BCUT2D eigenvalue weighted by molar-refractivity contribution is 4.99. The van der Waals surface area contributed by atoms with Gasteiger partial charge in [-0.15, -0.1) is 0 Å². The van der Waals surface area contributed by atoms with Gasteiger partial charge in [-0.2, -0.15) is 0 Å². The van der Waals surface area contributed by atoms with Gasteiger partial charge in [-0.25, -0.2) is 4.98 Å². The van der Waals surface area contributed by atoms with Gasteiger partial charge in [0, 0.05) is 6.42 Å². The van der Waals surface area contributed by atoms with Crippen molar-refractivity contribution < 1.29 is 4.42 Å². The Morgan fingerprint density at radius 3 is 3.23 bits per heavy atom. The molecular weight excluding hydrogens is 164 g/mol. The predicted octanol–water partition coefficient (Wildman–Crippen LogP) is 1.39. The Morgan fingerprint density at radius 2 is 2.62 bits per heavy atom. The zero-order valence-electron chi connectivity index (χ0n) is 8.05. The average molecular weight is 180 g/mol. The summed E-state index contributed by atoms with van der Waals surface area (Å²) < 4.78 is 5.29. The van der Waals surface area contributed by atoms with Crippen LogP contribution in [0.3, 0.4) is 0 Å². The molecule has 13 heavy (non-hydrogen) atoms. The van der Waals surface area contributed by atoms with Crippen LogP contribution in [0.25, 0.3) is 0 Å². The fourth-order valence-corrected chi connectivity index (χ4v) is 1.79. The molecule has 0 radical (unpaired) electrons. The van der Waals surface area contributed by atoms with E-state index in [9.17, 15) is 0 Å². The van der Waals surface area contributed by atoms with Crippen LogP contribution in [0.1, 0.15) is 24.9 Å². The van der Waals surface area contributed by atoms with Crippen molar-refractivity contribution in [3.63, 3.8) is 0 Å². The zero-order chi connectivity index (χ0) is 9.10. The number of aromatic nitrogens is 1. The minimum atomic E-state index is 0.759. The van der Waals surface area contributed by atoms with E-state index < -0.39 is 0 Å². The second-order valence-electron chi connectivity index (χ2n) is 3.65. The Bertz CT molecular complexity index is 264. The van der Waals surface area contributed by atoms with Gasteiger partial charge in [-0.1, -0.05) is 6.92 Å². The van der Waals surface area contributed by atoms with Crippen LogP contribution in [-0.4, -0.2) is 18.1 Å². The molecule has 1 saturated heterocycles. The van der Waals surface area contributed by atoms with Crippen molar-refractivity contribution in [1.82, 2.24) is 10.3 Å². The minimum Gasteiger partial charge on any atom is -0.449 e. The highest BCUT2D eigenvalue weighted by atomic mass is 16.3. The van der Waals surface area contributed by atoms with Crippen LogP contribution >= 0.6 is 0 Å². The summed E-state index contributed by atoms with van der Waals surface area (Å²) in [6.45, 7) is 4.35. The largest absolute Gasteiger partial charge is 0.449 e. The monoisotopic (exact) mass is 180 g/mol. The first-order chi connectivity index (χ1) is 6.38. The van der Waals surface area contributed by atoms with Crippen molar-refractivity contribution in [2.45, 2.75) is 26.2 Å². The van der Waals surface area contributed by atoms with E-state index in [4.69, 9.17) is 4.42 Å². The summed E-state index contributed by atoms with van der Waals surface area (Å²) in [4.78, 5) is 4.40. The summed E-state index contributed by atoms with van der Waals surface area (Å²) in [5.74, 6) is 1.62. The number of nitrogens with one attached hydrogen (secondary N) is 1. The topological polar surface area (TPSA) is 38.1 Å². The second-order valence-corrected chi connectivity index (χ2v) is 3.65. The molecule has 0 bridgehead atoms. The van der Waals surface area contributed by atoms with Crippen LogP contribution in [0.4, 0.5) is 0 Å². The van der Waals surface area contributed by atoms with Gasteiger partial charge in [0.15, 0.2) is 5.89 Å². The highest BCUT2D eigenvalue weighted by Crippen LogP contribution is 2.14. The van der Waals surface area contributed by atoms with E-state index in [1.165, 1.54) is 6.42 Å². The third-order valence-electron chi connectivity index (χ3n) is 2.56.